The second kappa shape index (κ2) is 7.14. The molecule has 1 aromatic carbocycles. The van der Waals surface area contributed by atoms with Crippen molar-refractivity contribution in [2.24, 2.45) is 0 Å². The van der Waals surface area contributed by atoms with Gasteiger partial charge in [0, 0.05) is 6.20 Å². The first kappa shape index (κ1) is 18.5. The van der Waals surface area contributed by atoms with Gasteiger partial charge in [0.25, 0.3) is 11.5 Å². The fourth-order valence-corrected chi connectivity index (χ4v) is 2.63. The summed E-state index contributed by atoms with van der Waals surface area (Å²) in [5.41, 5.74) is -0.314. The maximum atomic E-state index is 12.9. The molecule has 0 saturated carbocycles. The summed E-state index contributed by atoms with van der Waals surface area (Å²) in [6.45, 7) is 1.65. The van der Waals surface area contributed by atoms with Gasteiger partial charge in [-0.25, -0.2) is 0 Å². The number of hydrogen-bond donors (Lipinski definition) is 1. The number of anilines is 1. The Bertz CT molecular complexity index is 1020. The zero-order valence-electron chi connectivity index (χ0n) is 14.2. The summed E-state index contributed by atoms with van der Waals surface area (Å²) >= 11 is 0. The average molecular weight is 376 g/mol. The molecule has 0 aliphatic heterocycles. The number of nitrogens with zero attached hydrogens (tertiary/aromatic N) is 1. The van der Waals surface area contributed by atoms with Gasteiger partial charge in [-0.2, -0.15) is 13.2 Å². The summed E-state index contributed by atoms with van der Waals surface area (Å²) in [6, 6.07) is 9.24. The van der Waals surface area contributed by atoms with E-state index in [1.807, 2.05) is 0 Å². The van der Waals surface area contributed by atoms with E-state index < -0.39 is 23.2 Å². The number of alkyl halides is 3. The van der Waals surface area contributed by atoms with Gasteiger partial charge in [0.15, 0.2) is 5.76 Å². The van der Waals surface area contributed by atoms with Crippen LogP contribution >= 0.6 is 0 Å². The maximum Gasteiger partial charge on any atom is 0.416 e. The first-order valence-corrected chi connectivity index (χ1v) is 7.96. The van der Waals surface area contributed by atoms with Gasteiger partial charge in [0.2, 0.25) is 0 Å². The molecule has 0 bridgehead atoms. The molecule has 0 atom stereocenters. The minimum absolute atomic E-state index is 0.0170. The van der Waals surface area contributed by atoms with E-state index in [9.17, 15) is 22.8 Å². The molecule has 27 heavy (non-hydrogen) atoms. The number of amides is 1. The molecule has 0 saturated heterocycles. The van der Waals surface area contributed by atoms with E-state index in [1.165, 1.54) is 47.4 Å². The highest BCUT2D eigenvalue weighted by Crippen LogP contribution is 2.29. The minimum Gasteiger partial charge on any atom is -0.459 e. The van der Waals surface area contributed by atoms with Crippen LogP contribution in [0.5, 0.6) is 0 Å². The van der Waals surface area contributed by atoms with Crippen molar-refractivity contribution < 1.29 is 22.4 Å². The molecule has 140 valence electrons. The van der Waals surface area contributed by atoms with Gasteiger partial charge in [-0.15, -0.1) is 0 Å². The van der Waals surface area contributed by atoms with Gasteiger partial charge < -0.3 is 14.3 Å². The lowest BCUT2D eigenvalue weighted by Gasteiger charge is -2.12. The van der Waals surface area contributed by atoms with Gasteiger partial charge in [-0.1, -0.05) is 12.1 Å². The van der Waals surface area contributed by atoms with Crippen LogP contribution in [0.3, 0.4) is 0 Å². The van der Waals surface area contributed by atoms with Crippen LogP contribution in [0.4, 0.5) is 18.9 Å². The highest BCUT2D eigenvalue weighted by Gasteiger charge is 2.30. The first-order valence-electron chi connectivity index (χ1n) is 7.96. The molecule has 0 fully saturated rings. The van der Waals surface area contributed by atoms with Gasteiger partial charge in [0.05, 0.1) is 18.4 Å². The van der Waals surface area contributed by atoms with Crippen molar-refractivity contribution in [2.75, 3.05) is 5.32 Å². The second-order valence-corrected chi connectivity index (χ2v) is 5.99. The van der Waals surface area contributed by atoms with Crippen LogP contribution < -0.4 is 10.9 Å². The van der Waals surface area contributed by atoms with E-state index in [-0.39, 0.29) is 18.0 Å². The van der Waals surface area contributed by atoms with Crippen molar-refractivity contribution >= 4 is 11.6 Å². The topological polar surface area (TPSA) is 64.2 Å². The molecular weight excluding hydrogens is 361 g/mol. The van der Waals surface area contributed by atoms with Gasteiger partial charge >= 0.3 is 6.18 Å². The van der Waals surface area contributed by atoms with E-state index in [4.69, 9.17) is 4.42 Å². The molecule has 0 spiro atoms. The highest BCUT2D eigenvalue weighted by molar-refractivity contribution is 6.02. The predicted octanol–water partition coefficient (Wildman–Crippen LogP) is 4.07. The molecule has 0 unspecified atom stereocenters. The van der Waals surface area contributed by atoms with Gasteiger partial charge in [0.1, 0.15) is 5.69 Å². The smallest absolute Gasteiger partial charge is 0.416 e. The molecule has 0 aliphatic carbocycles. The van der Waals surface area contributed by atoms with Crippen LogP contribution in [0.25, 0.3) is 0 Å². The standard InChI is InChI=1S/C19H15F3N2O3/c1-12-8-15(23-17(25)16-6-3-7-27-16)18(26)24(10-12)11-13-4-2-5-14(9-13)19(20,21)22/h2-10H,11H2,1H3,(H,23,25). The largest absolute Gasteiger partial charge is 0.459 e. The zero-order chi connectivity index (χ0) is 19.6. The zero-order valence-corrected chi connectivity index (χ0v) is 14.2. The number of nitrogens with one attached hydrogen (secondary N) is 1. The van der Waals surface area contributed by atoms with Crippen LogP contribution in [-0.4, -0.2) is 10.5 Å². The van der Waals surface area contributed by atoms with E-state index in [0.29, 0.717) is 11.1 Å². The lowest BCUT2D eigenvalue weighted by atomic mass is 10.1. The van der Waals surface area contributed by atoms with Crippen molar-refractivity contribution in [1.82, 2.24) is 4.57 Å². The molecule has 0 radical (unpaired) electrons. The molecule has 0 aliphatic rings. The Kier molecular flexibility index (Phi) is 4.89. The number of benzene rings is 1. The Morgan fingerprint density at radius 1 is 1.19 bits per heavy atom. The molecule has 1 N–H and O–H groups in total. The van der Waals surface area contributed by atoms with Crippen LogP contribution in [-0.2, 0) is 12.7 Å². The molecular formula is C19H15F3N2O3. The molecule has 1 amide bonds. The predicted molar refractivity (Wildman–Crippen MR) is 92.6 cm³/mol. The van der Waals surface area contributed by atoms with Crippen LogP contribution in [0.15, 0.2) is 64.1 Å². The summed E-state index contributed by atoms with van der Waals surface area (Å²) in [5, 5.41) is 2.47. The molecule has 2 aromatic heterocycles. The van der Waals surface area contributed by atoms with Gasteiger partial charge in [-0.3, -0.25) is 9.59 Å². The lowest BCUT2D eigenvalue weighted by molar-refractivity contribution is -0.137. The number of carbonyl (C=O) groups excluding carboxylic acids is 1. The van der Waals surface area contributed by atoms with Crippen LogP contribution in [0, 0.1) is 6.92 Å². The Hall–Kier alpha value is -3.29. The first-order chi connectivity index (χ1) is 12.7. The Morgan fingerprint density at radius 3 is 2.63 bits per heavy atom. The van der Waals surface area contributed by atoms with E-state index in [0.717, 1.165) is 12.1 Å². The second-order valence-electron chi connectivity index (χ2n) is 5.99. The molecule has 2 heterocycles. The van der Waals surface area contributed by atoms with Crippen LogP contribution in [0.1, 0.15) is 27.2 Å². The lowest BCUT2D eigenvalue weighted by Crippen LogP contribution is -2.26. The number of furan rings is 1. The summed E-state index contributed by atoms with van der Waals surface area (Å²) in [7, 11) is 0. The quantitative estimate of drug-likeness (QED) is 0.747. The van der Waals surface area contributed by atoms with Crippen molar-refractivity contribution in [3.8, 4) is 0 Å². The number of hydrogen-bond acceptors (Lipinski definition) is 3. The van der Waals surface area contributed by atoms with Crippen molar-refractivity contribution in [3.63, 3.8) is 0 Å². The molecule has 5 nitrogen and oxygen atoms in total. The Labute approximate surface area is 152 Å². The number of halogens is 3. The monoisotopic (exact) mass is 376 g/mol. The van der Waals surface area contributed by atoms with Crippen molar-refractivity contribution in [3.05, 3.63) is 87.7 Å². The average Bonchev–Trinajstić information content (AvgIpc) is 3.13. The Morgan fingerprint density at radius 2 is 1.96 bits per heavy atom. The summed E-state index contributed by atoms with van der Waals surface area (Å²) in [4.78, 5) is 24.7. The normalized spacial score (nSPS) is 11.4. The Balaban J connectivity index is 1.90. The number of aryl methyl sites for hydroxylation is 1. The fraction of sp³-hybridized carbons (Fsp3) is 0.158. The summed E-state index contributed by atoms with van der Waals surface area (Å²) < 4.78 is 44.8. The van der Waals surface area contributed by atoms with E-state index in [2.05, 4.69) is 5.32 Å². The minimum atomic E-state index is -4.46. The van der Waals surface area contributed by atoms with E-state index >= 15 is 0 Å². The molecule has 3 rings (SSSR count). The van der Waals surface area contributed by atoms with Gasteiger partial charge in [-0.05, 0) is 48.4 Å². The van der Waals surface area contributed by atoms with E-state index in [1.54, 1.807) is 6.92 Å². The van der Waals surface area contributed by atoms with Crippen LogP contribution in [0.2, 0.25) is 0 Å². The number of aromatic nitrogens is 1. The summed E-state index contributed by atoms with van der Waals surface area (Å²) in [6.07, 6.45) is -1.61. The number of carbonyl (C=O) groups is 1. The molecule has 8 heteroatoms. The SMILES string of the molecule is Cc1cc(NC(=O)c2ccco2)c(=O)n(Cc2cccc(C(F)(F)F)c2)c1. The fourth-order valence-electron chi connectivity index (χ4n) is 2.63. The maximum absolute atomic E-state index is 12.9. The highest BCUT2D eigenvalue weighted by atomic mass is 19.4. The number of rotatable bonds is 4. The third-order valence-corrected chi connectivity index (χ3v) is 3.82. The number of pyridine rings is 1. The molecule has 3 aromatic rings. The third kappa shape index (κ3) is 4.28. The van der Waals surface area contributed by atoms with Crippen molar-refractivity contribution in [2.45, 2.75) is 19.6 Å². The third-order valence-electron chi connectivity index (χ3n) is 3.82. The van der Waals surface area contributed by atoms with Crippen molar-refractivity contribution in [1.29, 1.82) is 0 Å². The summed E-state index contributed by atoms with van der Waals surface area (Å²) in [5.74, 6) is -0.548.